The van der Waals surface area contributed by atoms with Gasteiger partial charge in [0.1, 0.15) is 11.9 Å². The zero-order valence-corrected chi connectivity index (χ0v) is 12.1. The molecule has 21 heavy (non-hydrogen) atoms. The molecule has 0 aliphatic carbocycles. The van der Waals surface area contributed by atoms with Crippen molar-refractivity contribution in [1.82, 2.24) is 9.78 Å². The van der Waals surface area contributed by atoms with Crippen molar-refractivity contribution in [2.75, 3.05) is 10.6 Å². The van der Waals surface area contributed by atoms with Crippen molar-refractivity contribution >= 4 is 17.3 Å². The van der Waals surface area contributed by atoms with Crippen LogP contribution in [0.4, 0.5) is 15.8 Å². The van der Waals surface area contributed by atoms with Gasteiger partial charge in [-0.3, -0.25) is 9.48 Å². The first-order chi connectivity index (χ1) is 10.1. The number of aromatic nitrogens is 2. The molecule has 1 aromatic carbocycles. The number of hydrogen-bond acceptors (Lipinski definition) is 3. The number of amides is 1. The number of anilines is 2. The van der Waals surface area contributed by atoms with E-state index in [1.54, 1.807) is 25.3 Å². The van der Waals surface area contributed by atoms with Crippen molar-refractivity contribution in [3.05, 3.63) is 42.5 Å². The molecule has 2 aromatic rings. The molecule has 5 nitrogen and oxygen atoms in total. The summed E-state index contributed by atoms with van der Waals surface area (Å²) in [6.45, 7) is 4.65. The second-order valence-electron chi connectivity index (χ2n) is 4.86. The van der Waals surface area contributed by atoms with Gasteiger partial charge in [0.05, 0.1) is 11.9 Å². The van der Waals surface area contributed by atoms with Crippen molar-refractivity contribution in [2.24, 2.45) is 0 Å². The van der Waals surface area contributed by atoms with E-state index in [1.807, 2.05) is 10.9 Å². The predicted octanol–water partition coefficient (Wildman–Crippen LogP) is 2.87. The molecule has 0 aliphatic rings. The number of nitrogens with zero attached hydrogens (tertiary/aromatic N) is 2. The van der Waals surface area contributed by atoms with Crippen LogP contribution >= 0.6 is 0 Å². The Morgan fingerprint density at radius 2 is 2.24 bits per heavy atom. The van der Waals surface area contributed by atoms with Crippen molar-refractivity contribution in [1.29, 1.82) is 0 Å². The minimum absolute atomic E-state index is 0.233. The largest absolute Gasteiger partial charge is 0.371 e. The minimum Gasteiger partial charge on any atom is -0.371 e. The van der Waals surface area contributed by atoms with E-state index in [0.29, 0.717) is 5.69 Å². The van der Waals surface area contributed by atoms with E-state index in [-0.39, 0.29) is 11.7 Å². The molecule has 2 rings (SSSR count). The Hall–Kier alpha value is -2.37. The Labute approximate surface area is 123 Å². The van der Waals surface area contributed by atoms with Crippen LogP contribution in [0.1, 0.15) is 20.3 Å². The topological polar surface area (TPSA) is 59.0 Å². The summed E-state index contributed by atoms with van der Waals surface area (Å²) in [5.41, 5.74) is 1.22. The molecule has 0 spiro atoms. The molecule has 6 heteroatoms. The molecular weight excluding hydrogens is 271 g/mol. The zero-order valence-electron chi connectivity index (χ0n) is 12.1. The molecule has 0 aliphatic heterocycles. The summed E-state index contributed by atoms with van der Waals surface area (Å²) < 4.78 is 14.9. The van der Waals surface area contributed by atoms with Gasteiger partial charge in [-0.2, -0.15) is 5.10 Å². The van der Waals surface area contributed by atoms with Gasteiger partial charge in [0.15, 0.2) is 0 Å². The van der Waals surface area contributed by atoms with Crippen molar-refractivity contribution in [2.45, 2.75) is 32.9 Å². The lowest BCUT2D eigenvalue weighted by Crippen LogP contribution is -2.31. The van der Waals surface area contributed by atoms with Gasteiger partial charge in [-0.05, 0) is 31.5 Å². The lowest BCUT2D eigenvalue weighted by atomic mass is 10.2. The maximum Gasteiger partial charge on any atom is 0.246 e. The number of carbonyl (C=O) groups excluding carboxylic acids is 1. The smallest absolute Gasteiger partial charge is 0.246 e. The third-order valence-electron chi connectivity index (χ3n) is 2.95. The van der Waals surface area contributed by atoms with Crippen LogP contribution in [-0.4, -0.2) is 21.7 Å². The number of carbonyl (C=O) groups is 1. The van der Waals surface area contributed by atoms with Crippen molar-refractivity contribution in [3.63, 3.8) is 0 Å². The van der Waals surface area contributed by atoms with Crippen LogP contribution in [0.2, 0.25) is 0 Å². The molecule has 1 amide bonds. The Morgan fingerprint density at radius 1 is 1.43 bits per heavy atom. The van der Waals surface area contributed by atoms with Crippen LogP contribution in [-0.2, 0) is 11.3 Å². The third kappa shape index (κ3) is 4.30. The second-order valence-corrected chi connectivity index (χ2v) is 4.86. The fourth-order valence-electron chi connectivity index (χ4n) is 1.92. The standard InChI is InChI=1S/C15H19FN4O/c1-3-7-20-10-14(9-17-20)18-11(2)15(21)19-13-6-4-5-12(16)8-13/h4-6,8-11,18H,3,7H2,1-2H3,(H,19,21)/t11-/m1/s1. The molecule has 0 radical (unpaired) electrons. The molecule has 1 atom stereocenters. The highest BCUT2D eigenvalue weighted by Crippen LogP contribution is 2.11. The van der Waals surface area contributed by atoms with Gasteiger partial charge < -0.3 is 10.6 Å². The van der Waals surface area contributed by atoms with Gasteiger partial charge in [-0.25, -0.2) is 4.39 Å². The molecule has 0 fully saturated rings. The van der Waals surface area contributed by atoms with Gasteiger partial charge in [-0.15, -0.1) is 0 Å². The Kier molecular flexibility index (Phi) is 4.92. The predicted molar refractivity (Wildman–Crippen MR) is 80.6 cm³/mol. The molecule has 0 saturated heterocycles. The maximum atomic E-state index is 13.1. The van der Waals surface area contributed by atoms with Crippen LogP contribution in [0.3, 0.4) is 0 Å². The summed E-state index contributed by atoms with van der Waals surface area (Å²) in [6, 6.07) is 5.36. The van der Waals surface area contributed by atoms with E-state index in [1.165, 1.54) is 12.1 Å². The highest BCUT2D eigenvalue weighted by Gasteiger charge is 2.13. The highest BCUT2D eigenvalue weighted by atomic mass is 19.1. The first-order valence-electron chi connectivity index (χ1n) is 6.94. The number of halogens is 1. The van der Waals surface area contributed by atoms with Gasteiger partial charge in [0.25, 0.3) is 0 Å². The monoisotopic (exact) mass is 290 g/mol. The summed E-state index contributed by atoms with van der Waals surface area (Å²) >= 11 is 0. The number of rotatable bonds is 6. The minimum atomic E-state index is -0.451. The Bertz CT molecular complexity index is 611. The van der Waals surface area contributed by atoms with Crippen molar-refractivity contribution < 1.29 is 9.18 Å². The average Bonchev–Trinajstić information content (AvgIpc) is 2.86. The summed E-state index contributed by atoms with van der Waals surface area (Å²) in [5.74, 6) is -0.613. The molecule has 2 N–H and O–H groups in total. The molecular formula is C15H19FN4O. The number of hydrogen-bond donors (Lipinski definition) is 2. The van der Waals surface area contributed by atoms with E-state index in [4.69, 9.17) is 0 Å². The molecule has 1 heterocycles. The quantitative estimate of drug-likeness (QED) is 0.860. The SMILES string of the molecule is CCCn1cc(N[C@H](C)C(=O)Nc2cccc(F)c2)cn1. The highest BCUT2D eigenvalue weighted by molar-refractivity contribution is 5.96. The Balaban J connectivity index is 1.92. The fraction of sp³-hybridized carbons (Fsp3) is 0.333. The van der Waals surface area contributed by atoms with Crippen LogP contribution in [0, 0.1) is 5.82 Å². The van der Waals surface area contributed by atoms with E-state index < -0.39 is 6.04 Å². The lowest BCUT2D eigenvalue weighted by Gasteiger charge is -2.13. The van der Waals surface area contributed by atoms with E-state index >= 15 is 0 Å². The van der Waals surface area contributed by atoms with Crippen LogP contribution in [0.15, 0.2) is 36.7 Å². The zero-order chi connectivity index (χ0) is 15.2. The lowest BCUT2D eigenvalue weighted by molar-refractivity contribution is -0.116. The van der Waals surface area contributed by atoms with Crippen LogP contribution in [0.25, 0.3) is 0 Å². The van der Waals surface area contributed by atoms with E-state index in [9.17, 15) is 9.18 Å². The Morgan fingerprint density at radius 3 is 2.95 bits per heavy atom. The number of aryl methyl sites for hydroxylation is 1. The fourth-order valence-corrected chi connectivity index (χ4v) is 1.92. The van der Waals surface area contributed by atoms with E-state index in [0.717, 1.165) is 18.7 Å². The summed E-state index contributed by atoms with van der Waals surface area (Å²) in [5, 5.41) is 9.92. The summed E-state index contributed by atoms with van der Waals surface area (Å²) in [6.07, 6.45) is 4.54. The number of benzene rings is 1. The van der Waals surface area contributed by atoms with Gasteiger partial charge in [-0.1, -0.05) is 13.0 Å². The van der Waals surface area contributed by atoms with Crippen LogP contribution in [0.5, 0.6) is 0 Å². The van der Waals surface area contributed by atoms with Gasteiger partial charge >= 0.3 is 0 Å². The molecule has 112 valence electrons. The van der Waals surface area contributed by atoms with Gasteiger partial charge in [0.2, 0.25) is 5.91 Å². The molecule has 1 aromatic heterocycles. The third-order valence-corrected chi connectivity index (χ3v) is 2.95. The number of nitrogens with one attached hydrogen (secondary N) is 2. The van der Waals surface area contributed by atoms with Gasteiger partial charge in [0, 0.05) is 18.4 Å². The summed E-state index contributed by atoms with van der Waals surface area (Å²) in [7, 11) is 0. The van der Waals surface area contributed by atoms with E-state index in [2.05, 4.69) is 22.7 Å². The second kappa shape index (κ2) is 6.88. The average molecular weight is 290 g/mol. The van der Waals surface area contributed by atoms with Crippen molar-refractivity contribution in [3.8, 4) is 0 Å². The van der Waals surface area contributed by atoms with Crippen LogP contribution < -0.4 is 10.6 Å². The maximum absolute atomic E-state index is 13.1. The molecule has 0 unspecified atom stereocenters. The first kappa shape index (κ1) is 15.0. The molecule has 0 saturated carbocycles. The first-order valence-corrected chi connectivity index (χ1v) is 6.94. The molecule has 0 bridgehead atoms. The summed E-state index contributed by atoms with van der Waals surface area (Å²) in [4.78, 5) is 12.0. The normalized spacial score (nSPS) is 12.0.